The molecule has 1 spiro atoms. The molecule has 2 aromatic carbocycles. The molecule has 1 saturated carbocycles. The minimum atomic E-state index is 0.334. The van der Waals surface area contributed by atoms with Crippen molar-refractivity contribution in [3.8, 4) is 11.5 Å². The molecule has 0 atom stereocenters. The first-order chi connectivity index (χ1) is 13.8. The molecule has 28 heavy (non-hydrogen) atoms. The number of ether oxygens (including phenoxy) is 4. The molecular formula is C23H23NO4. The molecule has 6 rings (SSSR count). The Kier molecular flexibility index (Phi) is 3.76. The van der Waals surface area contributed by atoms with Crippen molar-refractivity contribution in [1.29, 1.82) is 0 Å². The Hall–Kier alpha value is -2.34. The van der Waals surface area contributed by atoms with E-state index >= 15 is 0 Å². The van der Waals surface area contributed by atoms with Crippen molar-refractivity contribution in [2.45, 2.75) is 26.1 Å². The van der Waals surface area contributed by atoms with Crippen molar-refractivity contribution in [1.82, 2.24) is 5.32 Å². The number of allylic oxidation sites excluding steroid dienone is 1. The van der Waals surface area contributed by atoms with E-state index in [0.717, 1.165) is 35.7 Å². The molecule has 0 unspecified atom stereocenters. The van der Waals surface area contributed by atoms with E-state index in [1.807, 2.05) is 0 Å². The third-order valence-corrected chi connectivity index (χ3v) is 6.34. The molecular weight excluding hydrogens is 354 g/mol. The minimum absolute atomic E-state index is 0.334. The zero-order valence-corrected chi connectivity index (χ0v) is 15.8. The van der Waals surface area contributed by atoms with E-state index in [0.29, 0.717) is 32.2 Å². The second kappa shape index (κ2) is 6.34. The van der Waals surface area contributed by atoms with Crippen LogP contribution in [0.4, 0.5) is 0 Å². The van der Waals surface area contributed by atoms with Gasteiger partial charge in [-0.2, -0.15) is 0 Å². The van der Waals surface area contributed by atoms with Gasteiger partial charge in [-0.15, -0.1) is 0 Å². The molecule has 2 aromatic rings. The maximum absolute atomic E-state index is 5.62. The van der Waals surface area contributed by atoms with Gasteiger partial charge < -0.3 is 24.3 Å². The van der Waals surface area contributed by atoms with Crippen molar-refractivity contribution in [3.63, 3.8) is 0 Å². The second-order valence-electron chi connectivity index (χ2n) is 8.30. The van der Waals surface area contributed by atoms with Crippen molar-refractivity contribution in [2.24, 2.45) is 5.41 Å². The van der Waals surface area contributed by atoms with E-state index in [1.165, 1.54) is 35.1 Å². The summed E-state index contributed by atoms with van der Waals surface area (Å²) in [6.45, 7) is 4.15. The molecule has 144 valence electrons. The molecule has 5 heteroatoms. The third-order valence-electron chi connectivity index (χ3n) is 6.34. The maximum atomic E-state index is 5.62. The van der Waals surface area contributed by atoms with E-state index in [2.05, 4.69) is 41.7 Å². The van der Waals surface area contributed by atoms with Crippen molar-refractivity contribution in [3.05, 3.63) is 64.2 Å². The normalized spacial score (nSPS) is 21.5. The Bertz CT molecular complexity index is 905. The van der Waals surface area contributed by atoms with Gasteiger partial charge in [-0.3, -0.25) is 0 Å². The van der Waals surface area contributed by atoms with Gasteiger partial charge in [-0.05, 0) is 53.8 Å². The molecule has 0 aromatic heterocycles. The topological polar surface area (TPSA) is 49.0 Å². The zero-order valence-electron chi connectivity index (χ0n) is 15.8. The molecule has 4 aliphatic rings. The lowest BCUT2D eigenvalue weighted by Gasteiger charge is -2.52. The van der Waals surface area contributed by atoms with Gasteiger partial charge in [0.05, 0.1) is 13.2 Å². The van der Waals surface area contributed by atoms with Crippen LogP contribution in [-0.2, 0) is 22.7 Å². The highest BCUT2D eigenvalue weighted by atomic mass is 16.7. The third kappa shape index (κ3) is 2.65. The number of benzene rings is 2. The van der Waals surface area contributed by atoms with Gasteiger partial charge in [-0.25, -0.2) is 0 Å². The van der Waals surface area contributed by atoms with Crippen LogP contribution in [0.25, 0.3) is 5.57 Å². The van der Waals surface area contributed by atoms with Crippen LogP contribution in [0.1, 0.15) is 35.1 Å². The first-order valence-electron chi connectivity index (χ1n) is 9.90. The Morgan fingerprint density at radius 3 is 1.86 bits per heavy atom. The summed E-state index contributed by atoms with van der Waals surface area (Å²) in [5.74, 6) is 1.86. The highest BCUT2D eigenvalue weighted by Crippen LogP contribution is 2.52. The number of hydrogen-bond acceptors (Lipinski definition) is 5. The van der Waals surface area contributed by atoms with Gasteiger partial charge in [0.15, 0.2) is 13.6 Å². The van der Waals surface area contributed by atoms with E-state index < -0.39 is 0 Å². The molecule has 5 nitrogen and oxygen atoms in total. The highest BCUT2D eigenvalue weighted by molar-refractivity contribution is 5.84. The van der Waals surface area contributed by atoms with E-state index in [4.69, 9.17) is 18.9 Å². The molecule has 3 aliphatic heterocycles. The SMILES string of the molecule is c1cc2c(cc1C(=C1CC3(CNC3)C1)c1ccc3c(c1)COCO3)COCO2. The molecule has 0 bridgehead atoms. The summed E-state index contributed by atoms with van der Waals surface area (Å²) in [7, 11) is 0. The lowest BCUT2D eigenvalue weighted by Crippen LogP contribution is -2.58. The van der Waals surface area contributed by atoms with Crippen molar-refractivity contribution >= 4 is 5.57 Å². The monoisotopic (exact) mass is 377 g/mol. The van der Waals surface area contributed by atoms with Crippen molar-refractivity contribution in [2.75, 3.05) is 26.7 Å². The number of nitrogens with one attached hydrogen (secondary N) is 1. The summed E-state index contributed by atoms with van der Waals surface area (Å²) in [4.78, 5) is 0. The number of rotatable bonds is 2. The average Bonchev–Trinajstić information content (AvgIpc) is 2.68. The fourth-order valence-corrected chi connectivity index (χ4v) is 4.82. The lowest BCUT2D eigenvalue weighted by atomic mass is 9.60. The standard InChI is InChI=1S/C23H23NO4/c1-3-20-17(9-25-13-27-20)5-15(1)22(19-7-23(8-19)11-24-12-23)16-2-4-21-18(6-16)10-26-14-28-21/h1-6,24H,7-14H2. The lowest BCUT2D eigenvalue weighted by molar-refractivity contribution is -0.0164. The summed E-state index contributed by atoms with van der Waals surface area (Å²) in [6.07, 6.45) is 2.34. The van der Waals surface area contributed by atoms with Crippen molar-refractivity contribution < 1.29 is 18.9 Å². The Morgan fingerprint density at radius 1 is 0.786 bits per heavy atom. The summed E-state index contributed by atoms with van der Waals surface area (Å²) in [5.41, 5.74) is 8.08. The van der Waals surface area contributed by atoms with E-state index in [1.54, 1.807) is 0 Å². The van der Waals surface area contributed by atoms with Gasteiger partial charge in [-0.1, -0.05) is 17.7 Å². The molecule has 2 fully saturated rings. The largest absolute Gasteiger partial charge is 0.467 e. The summed E-state index contributed by atoms with van der Waals surface area (Å²) < 4.78 is 22.2. The van der Waals surface area contributed by atoms with Crippen LogP contribution in [-0.4, -0.2) is 26.7 Å². The summed E-state index contributed by atoms with van der Waals surface area (Å²) >= 11 is 0. The van der Waals surface area contributed by atoms with Crippen LogP contribution in [0.3, 0.4) is 0 Å². The summed E-state index contributed by atoms with van der Waals surface area (Å²) in [5, 5.41) is 3.44. The van der Waals surface area contributed by atoms with Gasteiger partial charge in [0.1, 0.15) is 11.5 Å². The predicted octanol–water partition coefficient (Wildman–Crippen LogP) is 3.60. The fraction of sp³-hybridized carbons (Fsp3) is 0.391. The molecule has 1 N–H and O–H groups in total. The van der Waals surface area contributed by atoms with Crippen LogP contribution in [0.5, 0.6) is 11.5 Å². The number of fused-ring (bicyclic) bond motifs is 2. The second-order valence-corrected chi connectivity index (χ2v) is 8.30. The van der Waals surface area contributed by atoms with Crippen LogP contribution >= 0.6 is 0 Å². The van der Waals surface area contributed by atoms with Crippen LogP contribution in [0.15, 0.2) is 42.0 Å². The molecule has 1 saturated heterocycles. The first kappa shape index (κ1) is 16.6. The Labute approximate surface area is 164 Å². The van der Waals surface area contributed by atoms with Gasteiger partial charge in [0.2, 0.25) is 0 Å². The van der Waals surface area contributed by atoms with Crippen LogP contribution in [0.2, 0.25) is 0 Å². The molecule has 3 heterocycles. The van der Waals surface area contributed by atoms with Gasteiger partial charge >= 0.3 is 0 Å². The fourth-order valence-electron chi connectivity index (χ4n) is 4.82. The Morgan fingerprint density at radius 2 is 1.36 bits per heavy atom. The quantitative estimate of drug-likeness (QED) is 0.867. The van der Waals surface area contributed by atoms with Gasteiger partial charge in [0.25, 0.3) is 0 Å². The van der Waals surface area contributed by atoms with E-state index in [9.17, 15) is 0 Å². The van der Waals surface area contributed by atoms with Crippen LogP contribution in [0, 0.1) is 5.41 Å². The summed E-state index contributed by atoms with van der Waals surface area (Å²) in [6, 6.07) is 13.0. The first-order valence-corrected chi connectivity index (χ1v) is 9.90. The Balaban J connectivity index is 1.44. The smallest absolute Gasteiger partial charge is 0.189 e. The average molecular weight is 377 g/mol. The highest BCUT2D eigenvalue weighted by Gasteiger charge is 2.46. The van der Waals surface area contributed by atoms with Crippen LogP contribution < -0.4 is 14.8 Å². The zero-order chi connectivity index (χ0) is 18.6. The molecule has 1 aliphatic carbocycles. The predicted molar refractivity (Wildman–Crippen MR) is 104 cm³/mol. The van der Waals surface area contributed by atoms with E-state index in [-0.39, 0.29) is 0 Å². The minimum Gasteiger partial charge on any atom is -0.467 e. The van der Waals surface area contributed by atoms with Gasteiger partial charge in [0, 0.05) is 29.6 Å². The number of hydrogen-bond donors (Lipinski definition) is 1. The molecule has 0 amide bonds. The molecule has 0 radical (unpaired) electrons. The maximum Gasteiger partial charge on any atom is 0.189 e.